The van der Waals surface area contributed by atoms with Crippen LogP contribution in [-0.4, -0.2) is 17.7 Å². The second-order valence-corrected chi connectivity index (χ2v) is 4.15. The molecular formula is C16H16O4. The highest BCUT2D eigenvalue weighted by atomic mass is 16.5. The molecule has 0 radical (unpaired) electrons. The number of phenolic OH excluding ortho intramolecular Hbond substituents is 1. The summed E-state index contributed by atoms with van der Waals surface area (Å²) in [6.07, 6.45) is 0. The summed E-state index contributed by atoms with van der Waals surface area (Å²) in [5, 5.41) is 9.80. The Labute approximate surface area is 117 Å². The Hall–Kier alpha value is -2.49. The van der Waals surface area contributed by atoms with Gasteiger partial charge in [-0.2, -0.15) is 0 Å². The Kier molecular flexibility index (Phi) is 4.60. The first-order valence-electron chi connectivity index (χ1n) is 6.38. The van der Waals surface area contributed by atoms with Crippen LogP contribution in [0.25, 0.3) is 0 Å². The van der Waals surface area contributed by atoms with Crippen molar-refractivity contribution >= 4 is 5.97 Å². The van der Waals surface area contributed by atoms with Crippen molar-refractivity contribution in [1.29, 1.82) is 0 Å². The van der Waals surface area contributed by atoms with Crippen molar-refractivity contribution in [3.63, 3.8) is 0 Å². The second kappa shape index (κ2) is 6.61. The highest BCUT2D eigenvalue weighted by Gasteiger charge is 2.18. The molecule has 0 aliphatic rings. The fraction of sp³-hybridized carbons (Fsp3) is 0.188. The standard InChI is InChI=1S/C16H16O4/c1-2-19-16(18)15-13(17)9-6-10-14(15)20-11-12-7-4-3-5-8-12/h3-10,17H,2,11H2,1H3. The predicted molar refractivity (Wildman–Crippen MR) is 74.8 cm³/mol. The Bertz CT molecular complexity index is 578. The molecule has 4 heteroatoms. The second-order valence-electron chi connectivity index (χ2n) is 4.15. The summed E-state index contributed by atoms with van der Waals surface area (Å²) in [7, 11) is 0. The normalized spacial score (nSPS) is 10.1. The highest BCUT2D eigenvalue weighted by Crippen LogP contribution is 2.28. The molecule has 0 heterocycles. The lowest BCUT2D eigenvalue weighted by Gasteiger charge is -2.12. The zero-order chi connectivity index (χ0) is 14.4. The average molecular weight is 272 g/mol. The molecule has 0 aliphatic carbocycles. The van der Waals surface area contributed by atoms with E-state index in [0.717, 1.165) is 5.56 Å². The molecule has 0 atom stereocenters. The van der Waals surface area contributed by atoms with E-state index in [1.807, 2.05) is 30.3 Å². The minimum absolute atomic E-state index is 0.0604. The van der Waals surface area contributed by atoms with Gasteiger partial charge in [0.05, 0.1) is 6.61 Å². The van der Waals surface area contributed by atoms with Gasteiger partial charge in [-0.3, -0.25) is 0 Å². The molecule has 0 saturated heterocycles. The summed E-state index contributed by atoms with van der Waals surface area (Å²) in [6.45, 7) is 2.27. The lowest BCUT2D eigenvalue weighted by molar-refractivity contribution is 0.0517. The van der Waals surface area contributed by atoms with E-state index < -0.39 is 5.97 Å². The molecule has 0 saturated carbocycles. The third kappa shape index (κ3) is 3.29. The maximum absolute atomic E-state index is 11.8. The lowest BCUT2D eigenvalue weighted by atomic mass is 10.1. The number of esters is 1. The third-order valence-electron chi connectivity index (χ3n) is 2.72. The van der Waals surface area contributed by atoms with Crippen LogP contribution in [0.5, 0.6) is 11.5 Å². The predicted octanol–water partition coefficient (Wildman–Crippen LogP) is 3.15. The van der Waals surface area contributed by atoms with Gasteiger partial charge in [-0.15, -0.1) is 0 Å². The van der Waals surface area contributed by atoms with Crippen molar-refractivity contribution in [2.24, 2.45) is 0 Å². The monoisotopic (exact) mass is 272 g/mol. The van der Waals surface area contributed by atoms with Gasteiger partial charge in [0.15, 0.2) is 0 Å². The molecule has 1 N–H and O–H groups in total. The van der Waals surface area contributed by atoms with E-state index in [-0.39, 0.29) is 17.9 Å². The number of aromatic hydroxyl groups is 1. The molecule has 0 amide bonds. The fourth-order valence-electron chi connectivity index (χ4n) is 1.78. The Morgan fingerprint density at radius 1 is 1.10 bits per heavy atom. The fourth-order valence-corrected chi connectivity index (χ4v) is 1.78. The molecule has 20 heavy (non-hydrogen) atoms. The summed E-state index contributed by atoms with van der Waals surface area (Å²) in [5.74, 6) is -0.421. The van der Waals surface area contributed by atoms with E-state index >= 15 is 0 Å². The molecule has 0 fully saturated rings. The molecule has 0 aliphatic heterocycles. The van der Waals surface area contributed by atoms with Crippen molar-refractivity contribution in [3.05, 3.63) is 59.7 Å². The Morgan fingerprint density at radius 2 is 1.85 bits per heavy atom. The zero-order valence-corrected chi connectivity index (χ0v) is 11.2. The van der Waals surface area contributed by atoms with Crippen LogP contribution in [0.4, 0.5) is 0 Å². The zero-order valence-electron chi connectivity index (χ0n) is 11.2. The van der Waals surface area contributed by atoms with E-state index in [2.05, 4.69) is 0 Å². The number of ether oxygens (including phenoxy) is 2. The van der Waals surface area contributed by atoms with Crippen molar-refractivity contribution in [2.75, 3.05) is 6.61 Å². The van der Waals surface area contributed by atoms with Gasteiger partial charge in [-0.25, -0.2) is 4.79 Å². The smallest absolute Gasteiger partial charge is 0.345 e. The molecule has 0 spiro atoms. The van der Waals surface area contributed by atoms with Crippen LogP contribution in [0, 0.1) is 0 Å². The van der Waals surface area contributed by atoms with E-state index in [9.17, 15) is 9.90 Å². The summed E-state index contributed by atoms with van der Waals surface area (Å²) < 4.78 is 10.5. The maximum atomic E-state index is 11.8. The quantitative estimate of drug-likeness (QED) is 0.849. The molecule has 2 aromatic rings. The van der Waals surface area contributed by atoms with Crippen LogP contribution in [0.1, 0.15) is 22.8 Å². The molecule has 2 rings (SSSR count). The van der Waals surface area contributed by atoms with Crippen molar-refractivity contribution in [1.82, 2.24) is 0 Å². The first-order valence-corrected chi connectivity index (χ1v) is 6.38. The van der Waals surface area contributed by atoms with Crippen LogP contribution < -0.4 is 4.74 Å². The lowest BCUT2D eigenvalue weighted by Crippen LogP contribution is -2.08. The minimum Gasteiger partial charge on any atom is -0.507 e. The van der Waals surface area contributed by atoms with Gasteiger partial charge < -0.3 is 14.6 Å². The minimum atomic E-state index is -0.589. The van der Waals surface area contributed by atoms with Gasteiger partial charge in [-0.1, -0.05) is 36.4 Å². The number of benzene rings is 2. The summed E-state index contributed by atoms with van der Waals surface area (Å²) in [4.78, 5) is 11.8. The molecule has 2 aromatic carbocycles. The van der Waals surface area contributed by atoms with Crippen LogP contribution >= 0.6 is 0 Å². The van der Waals surface area contributed by atoms with Crippen LogP contribution in [0.3, 0.4) is 0 Å². The van der Waals surface area contributed by atoms with Gasteiger partial charge in [0.25, 0.3) is 0 Å². The van der Waals surface area contributed by atoms with Gasteiger partial charge in [0, 0.05) is 0 Å². The Balaban J connectivity index is 2.19. The number of hydrogen-bond acceptors (Lipinski definition) is 4. The SMILES string of the molecule is CCOC(=O)c1c(O)cccc1OCc1ccccc1. The first kappa shape index (κ1) is 13.9. The largest absolute Gasteiger partial charge is 0.507 e. The maximum Gasteiger partial charge on any atom is 0.345 e. The van der Waals surface area contributed by atoms with Crippen LogP contribution in [-0.2, 0) is 11.3 Å². The highest BCUT2D eigenvalue weighted by molar-refractivity contribution is 5.95. The van der Waals surface area contributed by atoms with Gasteiger partial charge >= 0.3 is 5.97 Å². The third-order valence-corrected chi connectivity index (χ3v) is 2.72. The van der Waals surface area contributed by atoms with Crippen molar-refractivity contribution < 1.29 is 19.4 Å². The number of carbonyl (C=O) groups excluding carboxylic acids is 1. The van der Waals surface area contributed by atoms with Crippen LogP contribution in [0.15, 0.2) is 48.5 Å². The van der Waals surface area contributed by atoms with Crippen molar-refractivity contribution in [2.45, 2.75) is 13.5 Å². The molecule has 0 aromatic heterocycles. The topological polar surface area (TPSA) is 55.8 Å². The number of rotatable bonds is 5. The Morgan fingerprint density at radius 3 is 2.55 bits per heavy atom. The van der Waals surface area contributed by atoms with E-state index in [4.69, 9.17) is 9.47 Å². The average Bonchev–Trinajstić information content (AvgIpc) is 2.46. The van der Waals surface area contributed by atoms with E-state index in [0.29, 0.717) is 12.4 Å². The molecule has 0 unspecified atom stereocenters. The number of carbonyl (C=O) groups is 1. The molecule has 0 bridgehead atoms. The van der Waals surface area contributed by atoms with Gasteiger partial charge in [0.2, 0.25) is 0 Å². The van der Waals surface area contributed by atoms with Crippen LogP contribution in [0.2, 0.25) is 0 Å². The number of phenols is 1. The summed E-state index contributed by atoms with van der Waals surface area (Å²) >= 11 is 0. The first-order chi connectivity index (χ1) is 9.72. The van der Waals surface area contributed by atoms with Gasteiger partial charge in [-0.05, 0) is 24.6 Å². The number of hydrogen-bond donors (Lipinski definition) is 1. The molecule has 4 nitrogen and oxygen atoms in total. The summed E-state index contributed by atoms with van der Waals surface area (Å²) in [5.41, 5.74) is 1.04. The molecule has 104 valence electrons. The van der Waals surface area contributed by atoms with E-state index in [1.165, 1.54) is 6.07 Å². The van der Waals surface area contributed by atoms with E-state index in [1.54, 1.807) is 19.1 Å². The van der Waals surface area contributed by atoms with Gasteiger partial charge in [0.1, 0.15) is 23.7 Å². The van der Waals surface area contributed by atoms with Crippen molar-refractivity contribution in [3.8, 4) is 11.5 Å². The molecular weight excluding hydrogens is 256 g/mol. The summed E-state index contributed by atoms with van der Waals surface area (Å²) in [6, 6.07) is 14.3.